The molecule has 13 aromatic rings. The van der Waals surface area contributed by atoms with Crippen molar-refractivity contribution in [1.82, 2.24) is 9.13 Å². The van der Waals surface area contributed by atoms with E-state index in [4.69, 9.17) is 0 Å². The van der Waals surface area contributed by atoms with Crippen LogP contribution in [0.1, 0.15) is 22.6 Å². The van der Waals surface area contributed by atoms with Crippen molar-refractivity contribution >= 4 is 101 Å². The van der Waals surface area contributed by atoms with E-state index in [9.17, 15) is 0 Å². The Bertz CT molecular complexity index is 4080. The summed E-state index contributed by atoms with van der Waals surface area (Å²) in [4.78, 5) is 5.13. The maximum absolute atomic E-state index is 2.59. The van der Waals surface area contributed by atoms with Crippen LogP contribution in [0.25, 0.3) is 55.0 Å². The van der Waals surface area contributed by atoms with E-state index >= 15 is 0 Å². The van der Waals surface area contributed by atoms with Crippen LogP contribution in [0.2, 0.25) is 0 Å². The van der Waals surface area contributed by atoms with Crippen LogP contribution in [0.3, 0.4) is 0 Å². The fourth-order valence-corrected chi connectivity index (χ4v) is 12.5. The summed E-state index contributed by atoms with van der Waals surface area (Å²) in [5.41, 5.74) is 21.6. The molecule has 11 aromatic carbocycles. The Balaban J connectivity index is 1.07. The van der Waals surface area contributed by atoms with E-state index in [1.54, 1.807) is 0 Å². The van der Waals surface area contributed by atoms with Crippen LogP contribution in [0.5, 0.6) is 0 Å². The molecule has 4 nitrogen and oxygen atoms in total. The zero-order chi connectivity index (χ0) is 47.3. The molecule has 5 heteroatoms. The van der Waals surface area contributed by atoms with Crippen LogP contribution in [0.4, 0.5) is 34.1 Å². The van der Waals surface area contributed by atoms with Crippen molar-refractivity contribution in [1.29, 1.82) is 0 Å². The lowest BCUT2D eigenvalue weighted by Gasteiger charge is -2.46. The maximum Gasteiger partial charge on any atom is 0.252 e. The van der Waals surface area contributed by atoms with Gasteiger partial charge in [-0.1, -0.05) is 188 Å². The highest BCUT2D eigenvalue weighted by molar-refractivity contribution is 7.00. The molecule has 0 saturated carbocycles. The Hall–Kier alpha value is -9.32. The second kappa shape index (κ2) is 16.1. The molecule has 336 valence electrons. The Morgan fingerprint density at radius 2 is 0.667 bits per heavy atom. The number of aromatic nitrogens is 2. The fraction of sp³-hybridized carbons (Fsp3) is 0.0149. The minimum atomic E-state index is -0.105. The highest BCUT2D eigenvalue weighted by atomic mass is 15.2. The predicted molar refractivity (Wildman–Crippen MR) is 303 cm³/mol. The van der Waals surface area contributed by atoms with Gasteiger partial charge in [0.15, 0.2) is 0 Å². The summed E-state index contributed by atoms with van der Waals surface area (Å²) in [5, 5.41) is 5.00. The van der Waals surface area contributed by atoms with E-state index in [0.29, 0.717) is 0 Å². The van der Waals surface area contributed by atoms with Crippen molar-refractivity contribution < 1.29 is 0 Å². The highest BCUT2D eigenvalue weighted by Gasteiger charge is 2.45. The van der Waals surface area contributed by atoms with Gasteiger partial charge >= 0.3 is 0 Å². The molecule has 15 rings (SSSR count). The van der Waals surface area contributed by atoms with E-state index < -0.39 is 0 Å². The third-order valence-corrected chi connectivity index (χ3v) is 15.4. The molecule has 0 fully saturated rings. The number of benzene rings is 11. The Morgan fingerprint density at radius 3 is 1.11 bits per heavy atom. The third kappa shape index (κ3) is 6.01. The summed E-state index contributed by atoms with van der Waals surface area (Å²) in [6, 6.07) is 98.9. The van der Waals surface area contributed by atoms with E-state index in [1.165, 1.54) is 99.4 Å². The van der Waals surface area contributed by atoms with Gasteiger partial charge in [-0.25, -0.2) is 0 Å². The lowest BCUT2D eigenvalue weighted by molar-refractivity contribution is 0.972. The van der Waals surface area contributed by atoms with Crippen LogP contribution in [0.15, 0.2) is 267 Å². The zero-order valence-corrected chi connectivity index (χ0v) is 39.3. The topological polar surface area (TPSA) is 16.3 Å². The molecule has 0 aliphatic carbocycles. The highest BCUT2D eigenvalue weighted by Crippen LogP contribution is 2.50. The Kier molecular flexibility index (Phi) is 9.08. The van der Waals surface area contributed by atoms with Gasteiger partial charge in [-0.3, -0.25) is 0 Å². The van der Waals surface area contributed by atoms with Gasteiger partial charge in [0.05, 0.1) is 22.1 Å². The standard InChI is InChI=1S/C67H45BN4/c1-5-21-45(22-6-1)65(46-23-7-2-8-24-46)55-39-42-62-66-67(55)72(48-27-11-4-12-28-48)64-44-50(71-60-35-19-15-31-53(60)54-32-16-20-36-61(54)71)38-41-57(64)68(66)56-40-37-49(43-63(56)69(62)47-25-9-3-10-26-47)70-58-33-17-13-29-51(58)52-30-14-18-34-59(52)70/h1-44,65H. The zero-order valence-electron chi connectivity index (χ0n) is 39.3. The summed E-state index contributed by atoms with van der Waals surface area (Å²) < 4.78 is 4.91. The molecular formula is C67H45BN4. The lowest BCUT2D eigenvalue weighted by Crippen LogP contribution is -2.61. The van der Waals surface area contributed by atoms with E-state index in [1.807, 2.05) is 0 Å². The molecule has 0 N–H and O–H groups in total. The average Bonchev–Trinajstić information content (AvgIpc) is 3.97. The molecule has 2 aliphatic heterocycles. The molecule has 0 amide bonds. The van der Waals surface area contributed by atoms with E-state index in [-0.39, 0.29) is 12.6 Å². The summed E-state index contributed by atoms with van der Waals surface area (Å²) in [6.45, 7) is -0.105. The van der Waals surface area contributed by atoms with Crippen LogP contribution < -0.4 is 26.2 Å². The molecule has 4 heterocycles. The fourth-order valence-electron chi connectivity index (χ4n) is 12.5. The maximum atomic E-state index is 2.59. The smallest absolute Gasteiger partial charge is 0.252 e. The van der Waals surface area contributed by atoms with Crippen LogP contribution >= 0.6 is 0 Å². The number of fused-ring (bicyclic) bond motifs is 10. The van der Waals surface area contributed by atoms with Crippen molar-refractivity contribution in [3.8, 4) is 11.4 Å². The third-order valence-electron chi connectivity index (χ3n) is 15.4. The first kappa shape index (κ1) is 40.6. The van der Waals surface area contributed by atoms with Gasteiger partial charge in [-0.15, -0.1) is 0 Å². The number of nitrogens with zero attached hydrogens (tertiary/aromatic N) is 4. The largest absolute Gasteiger partial charge is 0.311 e. The van der Waals surface area contributed by atoms with Crippen LogP contribution in [-0.2, 0) is 0 Å². The van der Waals surface area contributed by atoms with Gasteiger partial charge in [0.25, 0.3) is 6.71 Å². The van der Waals surface area contributed by atoms with Crippen molar-refractivity contribution in [2.24, 2.45) is 0 Å². The average molecular weight is 917 g/mol. The minimum Gasteiger partial charge on any atom is -0.311 e. The first-order valence-electron chi connectivity index (χ1n) is 25.0. The first-order valence-corrected chi connectivity index (χ1v) is 25.0. The monoisotopic (exact) mass is 916 g/mol. The number of anilines is 6. The van der Waals surface area contributed by atoms with Gasteiger partial charge in [0.1, 0.15) is 0 Å². The minimum absolute atomic E-state index is 0.0640. The van der Waals surface area contributed by atoms with Gasteiger partial charge in [-0.2, -0.15) is 0 Å². The van der Waals surface area contributed by atoms with Crippen molar-refractivity contribution in [3.63, 3.8) is 0 Å². The number of hydrogen-bond donors (Lipinski definition) is 0. The molecule has 0 spiro atoms. The number of hydrogen-bond acceptors (Lipinski definition) is 2. The molecule has 2 aliphatic rings. The van der Waals surface area contributed by atoms with Crippen LogP contribution in [-0.4, -0.2) is 15.8 Å². The van der Waals surface area contributed by atoms with E-state index in [2.05, 4.69) is 286 Å². The SMILES string of the molecule is c1ccc(C(c2ccccc2)c2ccc3c4c2N(c2ccccc2)c2cc(-n5c6ccccc6c6ccccc65)ccc2B4c2ccc(-n4c5ccccc5c5ccccc54)cc2N3c2ccccc2)cc1. The van der Waals surface area contributed by atoms with Crippen LogP contribution in [0, 0.1) is 0 Å². The first-order chi connectivity index (χ1) is 35.8. The van der Waals surface area contributed by atoms with Gasteiger partial charge in [0.2, 0.25) is 0 Å². The quantitative estimate of drug-likeness (QED) is 0.117. The molecule has 0 atom stereocenters. The lowest BCUT2D eigenvalue weighted by atomic mass is 9.33. The molecule has 0 bridgehead atoms. The van der Waals surface area contributed by atoms with E-state index in [0.717, 1.165) is 22.7 Å². The second-order valence-corrected chi connectivity index (χ2v) is 19.2. The number of para-hydroxylation sites is 6. The summed E-state index contributed by atoms with van der Waals surface area (Å²) in [5.74, 6) is -0.0640. The molecular weight excluding hydrogens is 872 g/mol. The predicted octanol–water partition coefficient (Wildman–Crippen LogP) is 15.1. The summed E-state index contributed by atoms with van der Waals surface area (Å²) in [7, 11) is 0. The second-order valence-electron chi connectivity index (χ2n) is 19.2. The molecule has 2 aromatic heterocycles. The number of rotatable bonds is 7. The van der Waals surface area contributed by atoms with Crippen molar-refractivity contribution in [2.45, 2.75) is 5.92 Å². The summed E-state index contributed by atoms with van der Waals surface area (Å²) >= 11 is 0. The van der Waals surface area contributed by atoms with Gasteiger partial charge < -0.3 is 18.9 Å². The Labute approximate surface area is 418 Å². The van der Waals surface area contributed by atoms with Gasteiger partial charge in [-0.05, 0) is 112 Å². The van der Waals surface area contributed by atoms with Crippen molar-refractivity contribution in [2.75, 3.05) is 9.80 Å². The van der Waals surface area contributed by atoms with Gasteiger partial charge in [0, 0.05) is 73.0 Å². The molecule has 72 heavy (non-hydrogen) atoms. The molecule has 0 radical (unpaired) electrons. The Morgan fingerprint density at radius 1 is 0.292 bits per heavy atom. The molecule has 0 saturated heterocycles. The normalized spacial score (nSPS) is 12.8. The van der Waals surface area contributed by atoms with Crippen molar-refractivity contribution in [3.05, 3.63) is 284 Å². The summed E-state index contributed by atoms with van der Waals surface area (Å²) in [6.07, 6.45) is 0. The molecule has 0 unspecified atom stereocenters.